The molecule has 1 N–H and O–H groups in total. The van der Waals surface area contributed by atoms with Crippen molar-refractivity contribution in [3.8, 4) is 0 Å². The lowest BCUT2D eigenvalue weighted by atomic mass is 10.3. The van der Waals surface area contributed by atoms with Gasteiger partial charge in [-0.05, 0) is 25.1 Å². The molecule has 1 rings (SSSR count). The SMILES string of the molecule is C=C/C(=C\C)Nc1ccccc1. The second-order valence-electron chi connectivity index (χ2n) is 2.44. The van der Waals surface area contributed by atoms with Crippen molar-refractivity contribution in [2.45, 2.75) is 6.92 Å². The minimum absolute atomic E-state index is 1.03. The molecule has 0 heterocycles. The highest BCUT2D eigenvalue weighted by Crippen LogP contribution is 2.08. The normalized spacial score (nSPS) is 10.9. The van der Waals surface area contributed by atoms with E-state index in [9.17, 15) is 0 Å². The lowest BCUT2D eigenvalue weighted by Gasteiger charge is -2.05. The van der Waals surface area contributed by atoms with Crippen LogP contribution in [-0.4, -0.2) is 0 Å². The molecule has 1 heteroatoms. The molecule has 0 radical (unpaired) electrons. The fraction of sp³-hybridized carbons (Fsp3) is 0.0909. The molecule has 12 heavy (non-hydrogen) atoms. The van der Waals surface area contributed by atoms with Crippen LogP contribution < -0.4 is 5.32 Å². The first-order valence-electron chi connectivity index (χ1n) is 3.97. The maximum absolute atomic E-state index is 3.70. The van der Waals surface area contributed by atoms with E-state index in [1.807, 2.05) is 43.3 Å². The highest BCUT2D eigenvalue weighted by Gasteiger charge is 1.89. The van der Waals surface area contributed by atoms with Gasteiger partial charge in [-0.25, -0.2) is 0 Å². The van der Waals surface area contributed by atoms with Crippen LogP contribution in [0.3, 0.4) is 0 Å². The van der Waals surface area contributed by atoms with Crippen molar-refractivity contribution in [2.75, 3.05) is 5.32 Å². The molecule has 1 aromatic rings. The highest BCUT2D eigenvalue weighted by molar-refractivity contribution is 5.49. The van der Waals surface area contributed by atoms with Crippen LogP contribution in [0.25, 0.3) is 0 Å². The molecule has 1 nitrogen and oxygen atoms in total. The van der Waals surface area contributed by atoms with Crippen LogP contribution in [0.4, 0.5) is 5.69 Å². The van der Waals surface area contributed by atoms with E-state index in [-0.39, 0.29) is 0 Å². The van der Waals surface area contributed by atoms with Crippen LogP contribution in [0.1, 0.15) is 6.92 Å². The molecule has 0 amide bonds. The molecule has 0 saturated heterocycles. The van der Waals surface area contributed by atoms with Gasteiger partial charge in [-0.2, -0.15) is 0 Å². The Labute approximate surface area is 73.4 Å². The first-order chi connectivity index (χ1) is 5.86. The average molecular weight is 159 g/mol. The van der Waals surface area contributed by atoms with Crippen LogP contribution >= 0.6 is 0 Å². The lowest BCUT2D eigenvalue weighted by molar-refractivity contribution is 1.45. The van der Waals surface area contributed by atoms with Gasteiger partial charge in [0.05, 0.1) is 0 Å². The molecule has 62 valence electrons. The predicted octanol–water partition coefficient (Wildman–Crippen LogP) is 3.19. The van der Waals surface area contributed by atoms with Gasteiger partial charge in [0.15, 0.2) is 0 Å². The predicted molar refractivity (Wildman–Crippen MR) is 54.0 cm³/mol. The largest absolute Gasteiger partial charge is 0.356 e. The van der Waals surface area contributed by atoms with Gasteiger partial charge in [-0.1, -0.05) is 30.9 Å². The Balaban J connectivity index is 2.70. The Kier molecular flexibility index (Phi) is 3.15. The summed E-state index contributed by atoms with van der Waals surface area (Å²) in [6, 6.07) is 10.0. The summed E-state index contributed by atoms with van der Waals surface area (Å²) in [6.45, 7) is 5.68. The van der Waals surface area contributed by atoms with Crippen molar-refractivity contribution in [2.24, 2.45) is 0 Å². The molecule has 0 atom stereocenters. The molecule has 0 aliphatic carbocycles. The van der Waals surface area contributed by atoms with Gasteiger partial charge in [0, 0.05) is 11.4 Å². The molecular weight excluding hydrogens is 146 g/mol. The summed E-state index contributed by atoms with van der Waals surface area (Å²) >= 11 is 0. The van der Waals surface area contributed by atoms with Gasteiger partial charge in [0.25, 0.3) is 0 Å². The van der Waals surface area contributed by atoms with E-state index in [1.165, 1.54) is 0 Å². The van der Waals surface area contributed by atoms with E-state index >= 15 is 0 Å². The quantitative estimate of drug-likeness (QED) is 0.668. The number of hydrogen-bond acceptors (Lipinski definition) is 1. The van der Waals surface area contributed by atoms with E-state index in [1.54, 1.807) is 6.08 Å². The Hall–Kier alpha value is -1.50. The molecule has 0 saturated carbocycles. The Morgan fingerprint density at radius 1 is 1.33 bits per heavy atom. The minimum Gasteiger partial charge on any atom is -0.356 e. The Morgan fingerprint density at radius 3 is 2.50 bits per heavy atom. The first-order valence-corrected chi connectivity index (χ1v) is 3.97. The van der Waals surface area contributed by atoms with Gasteiger partial charge >= 0.3 is 0 Å². The number of rotatable bonds is 3. The summed E-state index contributed by atoms with van der Waals surface area (Å²) in [6.07, 6.45) is 3.78. The second-order valence-corrected chi connectivity index (χ2v) is 2.44. The third-order valence-corrected chi connectivity index (χ3v) is 1.59. The molecule has 0 fully saturated rings. The molecule has 1 aromatic carbocycles. The monoisotopic (exact) mass is 159 g/mol. The zero-order valence-electron chi connectivity index (χ0n) is 7.25. The van der Waals surface area contributed by atoms with Gasteiger partial charge in [-0.15, -0.1) is 0 Å². The van der Waals surface area contributed by atoms with Crippen molar-refractivity contribution >= 4 is 5.69 Å². The van der Waals surface area contributed by atoms with Crippen LogP contribution in [0.5, 0.6) is 0 Å². The summed E-state index contributed by atoms with van der Waals surface area (Å²) in [5.41, 5.74) is 2.12. The lowest BCUT2D eigenvalue weighted by Crippen LogP contribution is -1.94. The van der Waals surface area contributed by atoms with E-state index in [0.717, 1.165) is 11.4 Å². The zero-order valence-corrected chi connectivity index (χ0v) is 7.25. The van der Waals surface area contributed by atoms with E-state index in [2.05, 4.69) is 11.9 Å². The summed E-state index contributed by atoms with van der Waals surface area (Å²) in [5, 5.41) is 3.22. The van der Waals surface area contributed by atoms with Crippen molar-refractivity contribution < 1.29 is 0 Å². The third kappa shape index (κ3) is 2.27. The summed E-state index contributed by atoms with van der Waals surface area (Å²) in [5.74, 6) is 0. The van der Waals surface area contributed by atoms with Crippen LogP contribution in [-0.2, 0) is 0 Å². The highest BCUT2D eigenvalue weighted by atomic mass is 14.9. The standard InChI is InChI=1S/C11H13N/c1-3-10(4-2)12-11-8-6-5-7-9-11/h3-9,12H,1H2,2H3/b10-4+. The summed E-state index contributed by atoms with van der Waals surface area (Å²) in [4.78, 5) is 0. The Bertz CT molecular complexity index is 272. The molecule has 0 spiro atoms. The maximum atomic E-state index is 3.70. The molecule has 0 unspecified atom stereocenters. The molecule has 0 aliphatic heterocycles. The second kappa shape index (κ2) is 4.39. The number of anilines is 1. The van der Waals surface area contributed by atoms with E-state index in [0.29, 0.717) is 0 Å². The number of allylic oxidation sites excluding steroid dienone is 2. The van der Waals surface area contributed by atoms with Crippen molar-refractivity contribution in [3.63, 3.8) is 0 Å². The fourth-order valence-electron chi connectivity index (χ4n) is 0.929. The summed E-state index contributed by atoms with van der Waals surface area (Å²) < 4.78 is 0. The third-order valence-electron chi connectivity index (χ3n) is 1.59. The molecular formula is C11H13N. The molecule has 0 aliphatic rings. The van der Waals surface area contributed by atoms with Gasteiger partial charge in [0.2, 0.25) is 0 Å². The fourth-order valence-corrected chi connectivity index (χ4v) is 0.929. The average Bonchev–Trinajstić information content (AvgIpc) is 2.16. The van der Waals surface area contributed by atoms with Gasteiger partial charge in [0.1, 0.15) is 0 Å². The number of para-hydroxylation sites is 1. The van der Waals surface area contributed by atoms with Crippen molar-refractivity contribution in [3.05, 3.63) is 54.8 Å². The summed E-state index contributed by atoms with van der Waals surface area (Å²) in [7, 11) is 0. The Morgan fingerprint density at radius 2 is 2.00 bits per heavy atom. The number of benzene rings is 1. The van der Waals surface area contributed by atoms with E-state index in [4.69, 9.17) is 0 Å². The minimum atomic E-state index is 1.03. The zero-order chi connectivity index (χ0) is 8.81. The van der Waals surface area contributed by atoms with Crippen molar-refractivity contribution in [1.82, 2.24) is 0 Å². The van der Waals surface area contributed by atoms with Gasteiger partial charge < -0.3 is 5.32 Å². The van der Waals surface area contributed by atoms with E-state index < -0.39 is 0 Å². The maximum Gasteiger partial charge on any atom is 0.0384 e. The molecule has 0 bridgehead atoms. The van der Waals surface area contributed by atoms with Gasteiger partial charge in [-0.3, -0.25) is 0 Å². The van der Waals surface area contributed by atoms with Crippen LogP contribution in [0, 0.1) is 0 Å². The van der Waals surface area contributed by atoms with Crippen molar-refractivity contribution in [1.29, 1.82) is 0 Å². The van der Waals surface area contributed by atoms with Crippen LogP contribution in [0.2, 0.25) is 0 Å². The number of hydrogen-bond donors (Lipinski definition) is 1. The van der Waals surface area contributed by atoms with Crippen LogP contribution in [0.15, 0.2) is 54.8 Å². The topological polar surface area (TPSA) is 12.0 Å². The smallest absolute Gasteiger partial charge is 0.0384 e. The first kappa shape index (κ1) is 8.60. The molecule has 0 aromatic heterocycles. The number of nitrogens with one attached hydrogen (secondary N) is 1.